The number of rotatable bonds is 8. The van der Waals surface area contributed by atoms with Crippen molar-refractivity contribution >= 4 is 11.6 Å². The van der Waals surface area contributed by atoms with Crippen LogP contribution >= 0.6 is 11.6 Å². The van der Waals surface area contributed by atoms with Crippen LogP contribution < -0.4 is 0 Å². The van der Waals surface area contributed by atoms with Crippen LogP contribution in [0.4, 0.5) is 0 Å². The highest BCUT2D eigenvalue weighted by atomic mass is 35.5. The number of halogens is 1. The van der Waals surface area contributed by atoms with Gasteiger partial charge in [-0.25, -0.2) is 0 Å². The highest BCUT2D eigenvalue weighted by Gasteiger charge is 2.14. The van der Waals surface area contributed by atoms with Crippen molar-refractivity contribution in [1.29, 1.82) is 0 Å². The fraction of sp³-hybridized carbons (Fsp3) is 0.467. The summed E-state index contributed by atoms with van der Waals surface area (Å²) in [7, 11) is 0. The second kappa shape index (κ2) is 8.12. The van der Waals surface area contributed by atoms with E-state index in [1.54, 1.807) is 6.07 Å². The molecule has 1 heterocycles. The Balaban J connectivity index is 2.06. The van der Waals surface area contributed by atoms with Gasteiger partial charge in [-0.3, -0.25) is 4.90 Å². The van der Waals surface area contributed by atoms with E-state index in [-0.39, 0.29) is 6.61 Å². The first-order valence-electron chi connectivity index (χ1n) is 7.15. The number of benzene rings is 1. The number of nitrogens with zero attached hydrogens (tertiary/aromatic N) is 3. The number of aliphatic hydroxyl groups is 1. The topological polar surface area (TPSA) is 62.4 Å². The summed E-state index contributed by atoms with van der Waals surface area (Å²) in [6.45, 7) is 4.65. The summed E-state index contributed by atoms with van der Waals surface area (Å²) in [6, 6.07) is 7.40. The minimum Gasteiger partial charge on any atom is -0.419 e. The lowest BCUT2D eigenvalue weighted by Gasteiger charge is -2.18. The van der Waals surface area contributed by atoms with Gasteiger partial charge in [0, 0.05) is 13.2 Å². The molecule has 6 heteroatoms. The van der Waals surface area contributed by atoms with Gasteiger partial charge in [-0.05, 0) is 31.5 Å². The Morgan fingerprint density at radius 1 is 1.24 bits per heavy atom. The highest BCUT2D eigenvalue weighted by Crippen LogP contribution is 2.26. The van der Waals surface area contributed by atoms with E-state index in [4.69, 9.17) is 21.1 Å². The van der Waals surface area contributed by atoms with Gasteiger partial charge in [-0.15, -0.1) is 10.2 Å². The van der Waals surface area contributed by atoms with Gasteiger partial charge in [-0.1, -0.05) is 30.7 Å². The lowest BCUT2D eigenvalue weighted by Crippen LogP contribution is -2.26. The van der Waals surface area contributed by atoms with E-state index >= 15 is 0 Å². The molecule has 2 rings (SSSR count). The predicted molar refractivity (Wildman–Crippen MR) is 82.0 cm³/mol. The standard InChI is InChI=1S/C15H20ClN3O2/c1-2-8-19(9-5-10-20)11-14-17-18-15(21-14)12-6-3-4-7-13(12)16/h3-4,6-7,20H,2,5,8-11H2,1H3. The quantitative estimate of drug-likeness (QED) is 0.812. The van der Waals surface area contributed by atoms with Crippen LogP contribution in [-0.4, -0.2) is 39.9 Å². The van der Waals surface area contributed by atoms with Gasteiger partial charge in [0.25, 0.3) is 0 Å². The first-order valence-corrected chi connectivity index (χ1v) is 7.53. The first-order chi connectivity index (χ1) is 10.2. The molecule has 0 unspecified atom stereocenters. The van der Waals surface area contributed by atoms with Crippen LogP contribution in [0.25, 0.3) is 11.5 Å². The summed E-state index contributed by atoms with van der Waals surface area (Å²) < 4.78 is 5.70. The molecule has 1 aromatic carbocycles. The van der Waals surface area contributed by atoms with Gasteiger partial charge < -0.3 is 9.52 Å². The van der Waals surface area contributed by atoms with Gasteiger partial charge in [-0.2, -0.15) is 0 Å². The zero-order chi connectivity index (χ0) is 15.1. The largest absolute Gasteiger partial charge is 0.419 e. The van der Waals surface area contributed by atoms with Crippen LogP contribution in [0.3, 0.4) is 0 Å². The molecule has 0 aliphatic rings. The number of hydrogen-bond donors (Lipinski definition) is 1. The second-order valence-corrected chi connectivity index (χ2v) is 5.24. The molecule has 0 atom stereocenters. The molecule has 0 spiro atoms. The number of aliphatic hydroxyl groups excluding tert-OH is 1. The summed E-state index contributed by atoms with van der Waals surface area (Å²) >= 11 is 6.13. The SMILES string of the molecule is CCCN(CCCO)Cc1nnc(-c2ccccc2Cl)o1. The Labute approximate surface area is 129 Å². The van der Waals surface area contributed by atoms with E-state index in [9.17, 15) is 0 Å². The molecular formula is C15H20ClN3O2. The van der Waals surface area contributed by atoms with E-state index < -0.39 is 0 Å². The molecular weight excluding hydrogens is 290 g/mol. The van der Waals surface area contributed by atoms with Gasteiger partial charge >= 0.3 is 0 Å². The molecule has 0 aliphatic carbocycles. The lowest BCUT2D eigenvalue weighted by molar-refractivity contribution is 0.205. The maximum absolute atomic E-state index is 8.94. The molecule has 1 aromatic heterocycles. The minimum absolute atomic E-state index is 0.189. The average molecular weight is 310 g/mol. The van der Waals surface area contributed by atoms with Crippen molar-refractivity contribution in [1.82, 2.24) is 15.1 Å². The third-order valence-electron chi connectivity index (χ3n) is 3.10. The van der Waals surface area contributed by atoms with Crippen LogP contribution in [0.2, 0.25) is 5.02 Å². The molecule has 0 fully saturated rings. The zero-order valence-electron chi connectivity index (χ0n) is 12.1. The number of aromatic nitrogens is 2. The van der Waals surface area contributed by atoms with E-state index in [0.29, 0.717) is 23.3 Å². The molecule has 1 N–H and O–H groups in total. The van der Waals surface area contributed by atoms with Crippen LogP contribution in [-0.2, 0) is 6.54 Å². The van der Waals surface area contributed by atoms with Crippen LogP contribution in [0.1, 0.15) is 25.7 Å². The molecule has 0 radical (unpaired) electrons. The second-order valence-electron chi connectivity index (χ2n) is 4.83. The van der Waals surface area contributed by atoms with Crippen molar-refractivity contribution < 1.29 is 9.52 Å². The van der Waals surface area contributed by atoms with E-state index in [0.717, 1.165) is 31.5 Å². The Bertz CT molecular complexity index is 559. The van der Waals surface area contributed by atoms with Crippen LogP contribution in [0.5, 0.6) is 0 Å². The summed E-state index contributed by atoms with van der Waals surface area (Å²) in [5.41, 5.74) is 0.746. The van der Waals surface area contributed by atoms with Gasteiger partial charge in [0.1, 0.15) is 0 Å². The van der Waals surface area contributed by atoms with E-state index in [2.05, 4.69) is 22.0 Å². The average Bonchev–Trinajstić information content (AvgIpc) is 2.94. The van der Waals surface area contributed by atoms with E-state index in [1.807, 2.05) is 18.2 Å². The third-order valence-corrected chi connectivity index (χ3v) is 3.43. The summed E-state index contributed by atoms with van der Waals surface area (Å²) in [5, 5.41) is 17.7. The molecule has 21 heavy (non-hydrogen) atoms. The fourth-order valence-electron chi connectivity index (χ4n) is 2.13. The minimum atomic E-state index is 0.189. The van der Waals surface area contributed by atoms with Crippen molar-refractivity contribution in [3.8, 4) is 11.5 Å². The number of hydrogen-bond acceptors (Lipinski definition) is 5. The lowest BCUT2D eigenvalue weighted by atomic mass is 10.2. The molecule has 0 saturated carbocycles. The summed E-state index contributed by atoms with van der Waals surface area (Å²) in [6.07, 6.45) is 1.78. The predicted octanol–water partition coefficient (Wildman–Crippen LogP) is 2.98. The summed E-state index contributed by atoms with van der Waals surface area (Å²) in [4.78, 5) is 2.19. The molecule has 0 amide bonds. The molecule has 0 saturated heterocycles. The Kier molecular flexibility index (Phi) is 6.17. The van der Waals surface area contributed by atoms with Gasteiger partial charge in [0.15, 0.2) is 0 Å². The molecule has 114 valence electrons. The Morgan fingerprint density at radius 3 is 2.76 bits per heavy atom. The van der Waals surface area contributed by atoms with Crippen molar-refractivity contribution in [2.24, 2.45) is 0 Å². The summed E-state index contributed by atoms with van der Waals surface area (Å²) in [5.74, 6) is 1.01. The Morgan fingerprint density at radius 2 is 2.05 bits per heavy atom. The van der Waals surface area contributed by atoms with Crippen molar-refractivity contribution in [3.63, 3.8) is 0 Å². The van der Waals surface area contributed by atoms with Crippen molar-refractivity contribution in [3.05, 3.63) is 35.2 Å². The monoisotopic (exact) mass is 309 g/mol. The van der Waals surface area contributed by atoms with Crippen LogP contribution in [0, 0.1) is 0 Å². The first kappa shape index (κ1) is 15.9. The molecule has 2 aromatic rings. The Hall–Kier alpha value is -1.43. The highest BCUT2D eigenvalue weighted by molar-refractivity contribution is 6.33. The molecule has 0 aliphatic heterocycles. The zero-order valence-corrected chi connectivity index (χ0v) is 12.9. The normalized spacial score (nSPS) is 11.2. The molecule has 0 bridgehead atoms. The van der Waals surface area contributed by atoms with Crippen molar-refractivity contribution in [2.75, 3.05) is 19.7 Å². The van der Waals surface area contributed by atoms with Crippen molar-refractivity contribution in [2.45, 2.75) is 26.3 Å². The van der Waals surface area contributed by atoms with Gasteiger partial charge in [0.2, 0.25) is 11.8 Å². The maximum atomic E-state index is 8.94. The van der Waals surface area contributed by atoms with Gasteiger partial charge in [0.05, 0.1) is 17.1 Å². The van der Waals surface area contributed by atoms with E-state index in [1.165, 1.54) is 0 Å². The smallest absolute Gasteiger partial charge is 0.249 e. The van der Waals surface area contributed by atoms with Crippen LogP contribution in [0.15, 0.2) is 28.7 Å². The maximum Gasteiger partial charge on any atom is 0.249 e. The fourth-order valence-corrected chi connectivity index (χ4v) is 2.35. The third kappa shape index (κ3) is 4.52. The molecule has 5 nitrogen and oxygen atoms in total.